The Bertz CT molecular complexity index is 1080. The molecular formula is C42H82O18. The molecule has 0 aromatic rings. The summed E-state index contributed by atoms with van der Waals surface area (Å²) in [6, 6.07) is 0. The summed E-state index contributed by atoms with van der Waals surface area (Å²) in [5.74, 6) is -1.89. The van der Waals surface area contributed by atoms with Crippen LogP contribution in [0.15, 0.2) is 12.2 Å². The Morgan fingerprint density at radius 3 is 1.07 bits per heavy atom. The summed E-state index contributed by atoms with van der Waals surface area (Å²) < 4.78 is 0. The minimum absolute atomic E-state index is 0.134. The molecule has 0 aliphatic rings. The van der Waals surface area contributed by atoms with Gasteiger partial charge in [-0.3, -0.25) is 4.79 Å². The summed E-state index contributed by atoms with van der Waals surface area (Å²) in [5, 5.41) is 186. The van der Waals surface area contributed by atoms with E-state index in [9.17, 15) is 91.6 Å². The van der Waals surface area contributed by atoms with Gasteiger partial charge in [-0.15, -0.1) is 0 Å². The van der Waals surface area contributed by atoms with E-state index < -0.39 is 181 Å². The zero-order valence-electron chi connectivity index (χ0n) is 35.7. The van der Waals surface area contributed by atoms with Crippen molar-refractivity contribution in [2.45, 2.75) is 171 Å². The number of allylic oxidation sites excluding steroid dienone is 2. The highest BCUT2D eigenvalue weighted by molar-refractivity contribution is 5.76. The van der Waals surface area contributed by atoms with Gasteiger partial charge in [0.2, 0.25) is 0 Å². The van der Waals surface area contributed by atoms with Gasteiger partial charge in [-0.25, -0.2) is 0 Å². The first-order chi connectivity index (χ1) is 28.4. The van der Waals surface area contributed by atoms with Crippen LogP contribution in [0.2, 0.25) is 0 Å². The Labute approximate surface area is 355 Å². The average molecular weight is 875 g/mol. The minimum Gasteiger partial charge on any atom is -0.481 e. The third kappa shape index (κ3) is 16.9. The molecule has 0 heterocycles. The zero-order valence-corrected chi connectivity index (χ0v) is 35.7. The number of carbonyl (C=O) groups is 1. The molecule has 18 nitrogen and oxygen atoms in total. The molecule has 0 aromatic heterocycles. The van der Waals surface area contributed by atoms with E-state index in [0.717, 1.165) is 44.9 Å². The minimum atomic E-state index is -2.84. The van der Waals surface area contributed by atoms with Crippen LogP contribution in [-0.2, 0) is 4.79 Å². The fourth-order valence-corrected chi connectivity index (χ4v) is 10.2. The molecule has 0 aromatic carbocycles. The van der Waals surface area contributed by atoms with Gasteiger partial charge in [0.15, 0.2) is 0 Å². The summed E-state index contributed by atoms with van der Waals surface area (Å²) in [6.07, 6.45) is -11.0. The maximum absolute atomic E-state index is 14.3. The van der Waals surface area contributed by atoms with Crippen molar-refractivity contribution in [3.63, 3.8) is 0 Å². The van der Waals surface area contributed by atoms with Crippen LogP contribution in [0.25, 0.3) is 0 Å². The molecule has 18 heteroatoms. The van der Waals surface area contributed by atoms with Gasteiger partial charge in [0.1, 0.15) is 0 Å². The van der Waals surface area contributed by atoms with Gasteiger partial charge in [0.25, 0.3) is 0 Å². The number of carboxylic acid groups (broad SMARTS) is 1. The van der Waals surface area contributed by atoms with Crippen LogP contribution in [0.5, 0.6) is 0 Å². The number of hydrogen-bond donors (Lipinski definition) is 17. The van der Waals surface area contributed by atoms with Crippen LogP contribution in [-0.4, -0.2) is 194 Å². The zero-order chi connectivity index (χ0) is 46.0. The number of aliphatic carboxylic acids is 1. The lowest BCUT2D eigenvalue weighted by molar-refractivity contribution is -0.256. The lowest BCUT2D eigenvalue weighted by Gasteiger charge is -2.69. The molecular weight excluding hydrogens is 792 g/mol. The van der Waals surface area contributed by atoms with Crippen LogP contribution in [0, 0.1) is 21.7 Å². The molecule has 0 radical (unpaired) electrons. The first kappa shape index (κ1) is 58.6. The van der Waals surface area contributed by atoms with Gasteiger partial charge in [-0.1, -0.05) is 51.2 Å². The summed E-state index contributed by atoms with van der Waals surface area (Å²) in [5.41, 5.74) is -9.92. The highest BCUT2D eigenvalue weighted by atomic mass is 16.4. The van der Waals surface area contributed by atoms with Crippen LogP contribution in [0.1, 0.15) is 122 Å². The second-order valence-electron chi connectivity index (χ2n) is 17.1. The summed E-state index contributed by atoms with van der Waals surface area (Å²) in [6.45, 7) is -6.28. The topological polar surface area (TPSA) is 361 Å². The van der Waals surface area contributed by atoms with Crippen LogP contribution < -0.4 is 0 Å². The lowest BCUT2D eigenvalue weighted by Crippen LogP contribution is -2.69. The first-order valence-electron chi connectivity index (χ1n) is 21.6. The number of unbranched alkanes of at least 4 members (excludes halogenated alkanes) is 7. The van der Waals surface area contributed by atoms with Gasteiger partial charge >= 0.3 is 5.97 Å². The Hall–Kier alpha value is -1.43. The maximum Gasteiger partial charge on any atom is 0.310 e. The van der Waals surface area contributed by atoms with E-state index in [-0.39, 0.29) is 12.8 Å². The van der Waals surface area contributed by atoms with Crippen LogP contribution in [0.3, 0.4) is 0 Å². The van der Waals surface area contributed by atoms with Gasteiger partial charge in [-0.05, 0) is 99.7 Å². The molecule has 358 valence electrons. The largest absolute Gasteiger partial charge is 0.481 e. The van der Waals surface area contributed by atoms with E-state index in [1.807, 2.05) is 12.2 Å². The van der Waals surface area contributed by atoms with Crippen molar-refractivity contribution in [3.05, 3.63) is 12.2 Å². The molecule has 0 saturated carbocycles. The summed E-state index contributed by atoms with van der Waals surface area (Å²) >= 11 is 0. The molecule has 0 saturated heterocycles. The lowest BCUT2D eigenvalue weighted by atomic mass is 9.35. The van der Waals surface area contributed by atoms with E-state index in [4.69, 9.17) is 0 Å². The number of rotatable bonds is 39. The summed E-state index contributed by atoms with van der Waals surface area (Å²) in [4.78, 5) is 14.3. The molecule has 8 unspecified atom stereocenters. The van der Waals surface area contributed by atoms with E-state index in [0.29, 0.717) is 6.42 Å². The highest BCUT2D eigenvalue weighted by Gasteiger charge is 2.72. The van der Waals surface area contributed by atoms with E-state index in [2.05, 4.69) is 6.92 Å². The van der Waals surface area contributed by atoms with Crippen LogP contribution >= 0.6 is 0 Å². The Kier molecular flexibility index (Phi) is 29.9. The molecule has 0 aliphatic heterocycles. The van der Waals surface area contributed by atoms with Crippen LogP contribution in [0.4, 0.5) is 0 Å². The van der Waals surface area contributed by atoms with Gasteiger partial charge < -0.3 is 86.8 Å². The summed E-state index contributed by atoms with van der Waals surface area (Å²) in [7, 11) is 0. The monoisotopic (exact) mass is 875 g/mol. The molecule has 0 fully saturated rings. The second kappa shape index (κ2) is 30.6. The Morgan fingerprint density at radius 2 is 0.717 bits per heavy atom. The van der Waals surface area contributed by atoms with Crippen molar-refractivity contribution in [3.8, 4) is 0 Å². The Balaban J connectivity index is 9.08. The van der Waals surface area contributed by atoms with E-state index in [1.54, 1.807) is 0 Å². The number of aliphatic hydroxyl groups is 16. The van der Waals surface area contributed by atoms with Crippen molar-refractivity contribution in [1.29, 1.82) is 0 Å². The maximum atomic E-state index is 14.3. The quantitative estimate of drug-likeness (QED) is 0.0245. The molecule has 0 spiro atoms. The number of aliphatic hydroxyl groups excluding tert-OH is 16. The molecule has 8 atom stereocenters. The fraction of sp³-hybridized carbons (Fsp3) is 0.929. The Morgan fingerprint density at radius 1 is 0.417 bits per heavy atom. The molecule has 0 rings (SSSR count). The standard InChI is InChI=1S/C42H82O18/c1-2-3-4-5-6-7-8-9-10-11-12-13-39(14-30(51)22-43,15-31(52)23-44)41(18-34(55)26-47,19-35(56)27-48)42(20-36(57)28-49,21-37(58)29-50)40(38(59)60,16-32(53)24-45)17-33(54)25-46/h9-10,30-37,43-58H,2-8,11-29H2,1H3,(H,59,60)/b10-9-. The van der Waals surface area contributed by atoms with Crippen molar-refractivity contribution in [2.75, 3.05) is 52.9 Å². The SMILES string of the molecule is CCCCCCCC/C=C\CCCC(CC(O)CO)(CC(O)CO)C(CC(O)CO)(CC(O)CO)C(CC(O)CO)(CC(O)CO)C(CC(O)CO)(CC(O)CO)C(=O)O. The van der Waals surface area contributed by atoms with Crippen molar-refractivity contribution in [2.24, 2.45) is 21.7 Å². The van der Waals surface area contributed by atoms with Gasteiger partial charge in [-0.2, -0.15) is 0 Å². The average Bonchev–Trinajstić information content (AvgIpc) is 3.23. The highest BCUT2D eigenvalue weighted by Crippen LogP contribution is 2.73. The third-order valence-corrected chi connectivity index (χ3v) is 12.6. The molecule has 60 heavy (non-hydrogen) atoms. The van der Waals surface area contributed by atoms with Gasteiger partial charge in [0.05, 0.1) is 107 Å². The van der Waals surface area contributed by atoms with E-state index in [1.165, 1.54) is 0 Å². The van der Waals surface area contributed by atoms with E-state index >= 15 is 0 Å². The molecule has 0 bridgehead atoms. The number of hydrogen-bond acceptors (Lipinski definition) is 17. The molecule has 0 aliphatic carbocycles. The normalized spacial score (nSPS) is 20.6. The third-order valence-electron chi connectivity index (χ3n) is 12.6. The first-order valence-corrected chi connectivity index (χ1v) is 21.6. The molecule has 17 N–H and O–H groups in total. The molecule has 0 amide bonds. The van der Waals surface area contributed by atoms with Crippen molar-refractivity contribution >= 4 is 5.97 Å². The number of carboxylic acids is 1. The van der Waals surface area contributed by atoms with Gasteiger partial charge in [0, 0.05) is 0 Å². The van der Waals surface area contributed by atoms with Crippen molar-refractivity contribution < 1.29 is 91.6 Å². The van der Waals surface area contributed by atoms with Crippen molar-refractivity contribution in [1.82, 2.24) is 0 Å². The smallest absolute Gasteiger partial charge is 0.310 e. The fourth-order valence-electron chi connectivity index (χ4n) is 10.2. The second-order valence-corrected chi connectivity index (χ2v) is 17.1. The predicted octanol–water partition coefficient (Wildman–Crippen LogP) is -1.56. The predicted molar refractivity (Wildman–Crippen MR) is 220 cm³/mol.